The molecule has 8 nitrogen and oxygen atoms in total. The number of aromatic amines is 1. The lowest BCUT2D eigenvalue weighted by molar-refractivity contribution is 0.318. The molecule has 0 aliphatic carbocycles. The molecule has 0 spiro atoms. The fraction of sp³-hybridized carbons (Fsp3) is 0.167. The molecule has 0 unspecified atom stereocenters. The highest BCUT2D eigenvalue weighted by molar-refractivity contribution is 7.89. The van der Waals surface area contributed by atoms with Crippen LogP contribution in [0.1, 0.15) is 16.8 Å². The first-order chi connectivity index (χ1) is 9.94. The normalized spacial score (nSPS) is 12.5. The second-order valence-corrected chi connectivity index (χ2v) is 6.10. The van der Waals surface area contributed by atoms with E-state index in [9.17, 15) is 8.42 Å². The van der Waals surface area contributed by atoms with Crippen LogP contribution in [0.5, 0.6) is 0 Å². The molecule has 2 rings (SSSR count). The first-order valence-electron chi connectivity index (χ1n) is 6.00. The van der Waals surface area contributed by atoms with Gasteiger partial charge in [-0.25, -0.2) is 13.1 Å². The van der Waals surface area contributed by atoms with Crippen molar-refractivity contribution in [1.82, 2.24) is 14.9 Å². The van der Waals surface area contributed by atoms with Crippen molar-refractivity contribution in [3.63, 3.8) is 0 Å². The van der Waals surface area contributed by atoms with E-state index < -0.39 is 10.0 Å². The van der Waals surface area contributed by atoms with Gasteiger partial charge in [-0.1, -0.05) is 23.4 Å². The van der Waals surface area contributed by atoms with E-state index in [0.29, 0.717) is 16.8 Å². The lowest BCUT2D eigenvalue weighted by atomic mass is 10.1. The number of oxime groups is 1. The summed E-state index contributed by atoms with van der Waals surface area (Å²) in [6.07, 6.45) is 1.25. The number of rotatable bonds is 5. The lowest BCUT2D eigenvalue weighted by Gasteiger charge is -2.07. The summed E-state index contributed by atoms with van der Waals surface area (Å²) in [7, 11) is -3.64. The van der Waals surface area contributed by atoms with Gasteiger partial charge in [-0.15, -0.1) is 0 Å². The summed E-state index contributed by atoms with van der Waals surface area (Å²) in [5.41, 5.74) is 7.15. The van der Waals surface area contributed by atoms with E-state index in [4.69, 9.17) is 10.9 Å². The number of sulfonamides is 1. The predicted molar refractivity (Wildman–Crippen MR) is 76.3 cm³/mol. The molecule has 0 fully saturated rings. The minimum absolute atomic E-state index is 0.0367. The molecular formula is C12H15N5O3S. The Kier molecular flexibility index (Phi) is 4.24. The van der Waals surface area contributed by atoms with Gasteiger partial charge in [-0.2, -0.15) is 5.10 Å². The SMILES string of the molecule is Cc1[nH]ncc1S(=O)(=O)NCc1cccc(C(N)=NO)c1. The van der Waals surface area contributed by atoms with Crippen LogP contribution in [0.25, 0.3) is 0 Å². The second-order valence-electron chi connectivity index (χ2n) is 4.37. The van der Waals surface area contributed by atoms with Crippen molar-refractivity contribution < 1.29 is 13.6 Å². The minimum Gasteiger partial charge on any atom is -0.409 e. The Hall–Kier alpha value is -2.39. The van der Waals surface area contributed by atoms with Crippen LogP contribution in [0.4, 0.5) is 0 Å². The number of nitrogens with one attached hydrogen (secondary N) is 2. The summed E-state index contributed by atoms with van der Waals surface area (Å²) in [6.45, 7) is 1.71. The summed E-state index contributed by atoms with van der Waals surface area (Å²) < 4.78 is 26.7. The quantitative estimate of drug-likeness (QED) is 0.273. The monoisotopic (exact) mass is 309 g/mol. The third-order valence-corrected chi connectivity index (χ3v) is 4.38. The van der Waals surface area contributed by atoms with Crippen molar-refractivity contribution >= 4 is 15.9 Å². The Bertz CT molecular complexity index is 767. The van der Waals surface area contributed by atoms with E-state index in [1.54, 1.807) is 31.2 Å². The molecule has 0 bridgehead atoms. The Morgan fingerprint density at radius 2 is 2.29 bits per heavy atom. The second kappa shape index (κ2) is 5.94. The van der Waals surface area contributed by atoms with Crippen molar-refractivity contribution in [3.05, 3.63) is 47.3 Å². The average molecular weight is 309 g/mol. The van der Waals surface area contributed by atoms with Crippen LogP contribution in [0.3, 0.4) is 0 Å². The zero-order valence-corrected chi connectivity index (χ0v) is 12.1. The average Bonchev–Trinajstić information content (AvgIpc) is 2.92. The highest BCUT2D eigenvalue weighted by Crippen LogP contribution is 2.12. The molecule has 0 saturated carbocycles. The topological polar surface area (TPSA) is 133 Å². The van der Waals surface area contributed by atoms with Gasteiger partial charge in [0.2, 0.25) is 10.0 Å². The maximum atomic E-state index is 12.1. The van der Waals surface area contributed by atoms with E-state index in [0.717, 1.165) is 0 Å². The smallest absolute Gasteiger partial charge is 0.244 e. The largest absolute Gasteiger partial charge is 0.409 e. The molecule has 0 amide bonds. The Morgan fingerprint density at radius 1 is 1.52 bits per heavy atom. The molecule has 21 heavy (non-hydrogen) atoms. The van der Waals surface area contributed by atoms with E-state index in [-0.39, 0.29) is 17.3 Å². The van der Waals surface area contributed by atoms with Crippen LogP contribution in [0.15, 0.2) is 40.5 Å². The maximum Gasteiger partial charge on any atom is 0.244 e. The van der Waals surface area contributed by atoms with E-state index >= 15 is 0 Å². The Balaban J connectivity index is 2.15. The first-order valence-corrected chi connectivity index (χ1v) is 7.49. The molecule has 9 heteroatoms. The van der Waals surface area contributed by atoms with E-state index in [2.05, 4.69) is 20.1 Å². The molecule has 0 atom stereocenters. The number of aryl methyl sites for hydroxylation is 1. The van der Waals surface area contributed by atoms with E-state index in [1.165, 1.54) is 6.20 Å². The standard InChI is InChI=1S/C12H15N5O3S/c1-8-11(7-14-16-8)21(19,20)15-6-9-3-2-4-10(5-9)12(13)17-18/h2-5,7,15,18H,6H2,1H3,(H2,13,17)(H,14,16). The predicted octanol–water partition coefficient (Wildman–Crippen LogP) is 0.291. The van der Waals surface area contributed by atoms with Gasteiger partial charge < -0.3 is 10.9 Å². The van der Waals surface area contributed by atoms with Gasteiger partial charge in [-0.3, -0.25) is 5.10 Å². The van der Waals surface area contributed by atoms with Gasteiger partial charge in [-0.05, 0) is 18.6 Å². The van der Waals surface area contributed by atoms with E-state index in [1.807, 2.05) is 0 Å². The molecule has 0 saturated heterocycles. The fourth-order valence-electron chi connectivity index (χ4n) is 1.77. The Morgan fingerprint density at radius 3 is 2.90 bits per heavy atom. The summed E-state index contributed by atoms with van der Waals surface area (Å²) in [4.78, 5) is 0.107. The highest BCUT2D eigenvalue weighted by Gasteiger charge is 2.18. The molecule has 5 N–H and O–H groups in total. The molecule has 112 valence electrons. The lowest BCUT2D eigenvalue weighted by Crippen LogP contribution is -2.24. The van der Waals surface area contributed by atoms with Crippen molar-refractivity contribution in [2.45, 2.75) is 18.4 Å². The van der Waals surface area contributed by atoms with Gasteiger partial charge >= 0.3 is 0 Å². The summed E-state index contributed by atoms with van der Waals surface area (Å²) in [5.74, 6) is -0.0367. The zero-order valence-electron chi connectivity index (χ0n) is 11.2. The van der Waals surface area contributed by atoms with Crippen molar-refractivity contribution in [2.24, 2.45) is 10.9 Å². The summed E-state index contributed by atoms with van der Waals surface area (Å²) >= 11 is 0. The van der Waals surface area contributed by atoms with Crippen molar-refractivity contribution in [3.8, 4) is 0 Å². The van der Waals surface area contributed by atoms with Crippen molar-refractivity contribution in [2.75, 3.05) is 0 Å². The maximum absolute atomic E-state index is 12.1. The van der Waals surface area contributed by atoms with Crippen LogP contribution in [0.2, 0.25) is 0 Å². The highest BCUT2D eigenvalue weighted by atomic mass is 32.2. The third kappa shape index (κ3) is 3.38. The molecule has 0 aliphatic heterocycles. The molecule has 1 aromatic heterocycles. The molecule has 1 aromatic carbocycles. The van der Waals surface area contributed by atoms with Crippen LogP contribution >= 0.6 is 0 Å². The van der Waals surface area contributed by atoms with Gasteiger partial charge in [0.15, 0.2) is 5.84 Å². The fourth-order valence-corrected chi connectivity index (χ4v) is 2.92. The molecule has 0 aliphatic rings. The van der Waals surface area contributed by atoms with Gasteiger partial charge in [0, 0.05) is 12.1 Å². The van der Waals surface area contributed by atoms with Crippen LogP contribution in [-0.4, -0.2) is 29.7 Å². The number of nitrogens with zero attached hydrogens (tertiary/aromatic N) is 2. The Labute approximate surface area is 121 Å². The number of H-pyrrole nitrogens is 1. The first kappa shape index (κ1) is 15.0. The number of benzene rings is 1. The van der Waals surface area contributed by atoms with Gasteiger partial charge in [0.1, 0.15) is 4.90 Å². The van der Waals surface area contributed by atoms with Gasteiger partial charge in [0.25, 0.3) is 0 Å². The number of nitrogens with two attached hydrogens (primary N) is 1. The van der Waals surface area contributed by atoms with Gasteiger partial charge in [0.05, 0.1) is 11.9 Å². The summed E-state index contributed by atoms with van der Waals surface area (Å²) in [6, 6.07) is 6.73. The number of aromatic nitrogens is 2. The molecule has 0 radical (unpaired) electrons. The molecular weight excluding hydrogens is 294 g/mol. The zero-order chi connectivity index (χ0) is 15.5. The van der Waals surface area contributed by atoms with Crippen molar-refractivity contribution in [1.29, 1.82) is 0 Å². The minimum atomic E-state index is -3.64. The third-order valence-electron chi connectivity index (χ3n) is 2.87. The molecule has 2 aromatic rings. The van der Waals surface area contributed by atoms with Crippen LogP contribution in [0, 0.1) is 6.92 Å². The summed E-state index contributed by atoms with van der Waals surface area (Å²) in [5, 5.41) is 17.8. The molecule has 1 heterocycles. The number of hydrogen-bond acceptors (Lipinski definition) is 5. The number of amidine groups is 1. The number of hydrogen-bond donors (Lipinski definition) is 4. The van der Waals surface area contributed by atoms with Crippen LogP contribution < -0.4 is 10.5 Å². The van der Waals surface area contributed by atoms with Crippen LogP contribution in [-0.2, 0) is 16.6 Å².